The van der Waals surface area contributed by atoms with Crippen molar-refractivity contribution in [2.24, 2.45) is 7.05 Å². The number of nitrogens with one attached hydrogen (secondary N) is 1. The minimum absolute atomic E-state index is 0.253. The van der Waals surface area contributed by atoms with Crippen molar-refractivity contribution in [1.82, 2.24) is 9.55 Å². The van der Waals surface area contributed by atoms with E-state index in [1.54, 1.807) is 19.3 Å². The van der Waals surface area contributed by atoms with Crippen LogP contribution in [0.25, 0.3) is 0 Å². The van der Waals surface area contributed by atoms with Gasteiger partial charge in [0.05, 0.1) is 0 Å². The number of hydrogen-bond acceptors (Lipinski definition) is 3. The number of aryl methyl sites for hydroxylation is 2. The molecule has 4 heteroatoms. The summed E-state index contributed by atoms with van der Waals surface area (Å²) in [6, 6.07) is 0. The van der Waals surface area contributed by atoms with Crippen LogP contribution in [0.5, 0.6) is 0 Å². The summed E-state index contributed by atoms with van der Waals surface area (Å²) in [4.78, 5) is 15.0. The van der Waals surface area contributed by atoms with Crippen molar-refractivity contribution < 1.29 is 0 Å². The Labute approximate surface area is 76.9 Å². The topological polar surface area (TPSA) is 46.9 Å². The average molecular weight is 179 g/mol. The first-order valence-corrected chi connectivity index (χ1v) is 4.04. The van der Waals surface area contributed by atoms with E-state index < -0.39 is 0 Å². The quantitative estimate of drug-likeness (QED) is 0.694. The highest BCUT2D eigenvalue weighted by Gasteiger charge is 2.00. The lowest BCUT2D eigenvalue weighted by Crippen LogP contribution is -2.22. The van der Waals surface area contributed by atoms with Crippen LogP contribution >= 0.6 is 0 Å². The van der Waals surface area contributed by atoms with Gasteiger partial charge in [0, 0.05) is 25.4 Å². The van der Waals surface area contributed by atoms with Gasteiger partial charge < -0.3 is 9.88 Å². The number of rotatable bonds is 3. The molecule has 13 heavy (non-hydrogen) atoms. The summed E-state index contributed by atoms with van der Waals surface area (Å²) in [7, 11) is 1.68. The highest BCUT2D eigenvalue weighted by Crippen LogP contribution is 2.05. The molecule has 1 heterocycles. The molecule has 0 aliphatic heterocycles. The first-order chi connectivity index (χ1) is 6.15. The van der Waals surface area contributed by atoms with Gasteiger partial charge in [0.25, 0.3) is 0 Å². The van der Waals surface area contributed by atoms with E-state index in [4.69, 9.17) is 0 Å². The first kappa shape index (κ1) is 9.51. The molecule has 0 saturated carbocycles. The molecular formula is C9H13N3O. The summed E-state index contributed by atoms with van der Waals surface area (Å²) >= 11 is 0. The van der Waals surface area contributed by atoms with Crippen LogP contribution in [0.3, 0.4) is 0 Å². The normalized spacial score (nSPS) is 9.69. The highest BCUT2D eigenvalue weighted by molar-refractivity contribution is 5.41. The molecular weight excluding hydrogens is 166 g/mol. The Balaban J connectivity index is 3.01. The van der Waals surface area contributed by atoms with E-state index in [1.165, 1.54) is 4.57 Å². The molecule has 0 amide bonds. The summed E-state index contributed by atoms with van der Waals surface area (Å²) in [5.74, 6) is 0.628. The molecule has 0 unspecified atom stereocenters. The minimum atomic E-state index is -0.253. The molecule has 70 valence electrons. The molecule has 1 N–H and O–H groups in total. The largest absolute Gasteiger partial charge is 0.366 e. The SMILES string of the molecule is C=CCNc1nc(=O)n(C)cc1C. The molecule has 1 rings (SSSR count). The smallest absolute Gasteiger partial charge is 0.349 e. The van der Waals surface area contributed by atoms with E-state index in [2.05, 4.69) is 16.9 Å². The van der Waals surface area contributed by atoms with Crippen LogP contribution in [0.1, 0.15) is 5.56 Å². The van der Waals surface area contributed by atoms with Crippen molar-refractivity contribution in [1.29, 1.82) is 0 Å². The van der Waals surface area contributed by atoms with Gasteiger partial charge in [0.15, 0.2) is 0 Å². The standard InChI is InChI=1S/C9H13N3O/c1-4-5-10-8-7(2)6-12(3)9(13)11-8/h4,6H,1,5H2,2-3H3,(H,10,11,13). The Morgan fingerprint density at radius 1 is 1.77 bits per heavy atom. The lowest BCUT2D eigenvalue weighted by molar-refractivity contribution is 0.802. The Morgan fingerprint density at radius 2 is 2.46 bits per heavy atom. The predicted molar refractivity (Wildman–Crippen MR) is 52.9 cm³/mol. The van der Waals surface area contributed by atoms with Gasteiger partial charge in [0.1, 0.15) is 5.82 Å². The van der Waals surface area contributed by atoms with E-state index in [9.17, 15) is 4.79 Å². The summed E-state index contributed by atoms with van der Waals surface area (Å²) in [6.07, 6.45) is 3.47. The lowest BCUT2D eigenvalue weighted by Gasteiger charge is -2.06. The zero-order chi connectivity index (χ0) is 9.84. The van der Waals surface area contributed by atoms with Crippen LogP contribution in [-0.2, 0) is 7.05 Å². The zero-order valence-electron chi connectivity index (χ0n) is 7.87. The van der Waals surface area contributed by atoms with Gasteiger partial charge in [-0.1, -0.05) is 6.08 Å². The summed E-state index contributed by atoms with van der Waals surface area (Å²) in [5, 5.41) is 2.99. The summed E-state index contributed by atoms with van der Waals surface area (Å²) in [5.41, 5.74) is 0.695. The maximum atomic E-state index is 11.1. The Morgan fingerprint density at radius 3 is 3.08 bits per heavy atom. The number of nitrogens with zero attached hydrogens (tertiary/aromatic N) is 2. The molecule has 4 nitrogen and oxygen atoms in total. The molecule has 0 spiro atoms. The van der Waals surface area contributed by atoms with Gasteiger partial charge in [-0.05, 0) is 6.92 Å². The van der Waals surface area contributed by atoms with E-state index in [0.717, 1.165) is 5.56 Å². The number of anilines is 1. The van der Waals surface area contributed by atoms with Crippen LogP contribution in [0.15, 0.2) is 23.6 Å². The molecule has 1 aromatic rings. The van der Waals surface area contributed by atoms with Crippen molar-refractivity contribution >= 4 is 5.82 Å². The summed E-state index contributed by atoms with van der Waals surface area (Å²) < 4.78 is 1.45. The van der Waals surface area contributed by atoms with Crippen molar-refractivity contribution in [3.8, 4) is 0 Å². The molecule has 0 bridgehead atoms. The van der Waals surface area contributed by atoms with Crippen molar-refractivity contribution in [3.05, 3.63) is 34.9 Å². The lowest BCUT2D eigenvalue weighted by atomic mass is 10.3. The third-order valence-corrected chi connectivity index (χ3v) is 1.68. The first-order valence-electron chi connectivity index (χ1n) is 4.04. The van der Waals surface area contributed by atoms with E-state index in [1.807, 2.05) is 6.92 Å². The van der Waals surface area contributed by atoms with Crippen LogP contribution in [0, 0.1) is 6.92 Å². The van der Waals surface area contributed by atoms with Crippen molar-refractivity contribution in [2.45, 2.75) is 6.92 Å². The Hall–Kier alpha value is -1.58. The van der Waals surface area contributed by atoms with Crippen LogP contribution in [-0.4, -0.2) is 16.1 Å². The van der Waals surface area contributed by atoms with Gasteiger partial charge in [-0.3, -0.25) is 0 Å². The molecule has 0 aliphatic carbocycles. The fourth-order valence-corrected chi connectivity index (χ4v) is 1.02. The van der Waals surface area contributed by atoms with Gasteiger partial charge >= 0.3 is 5.69 Å². The second-order valence-corrected chi connectivity index (χ2v) is 2.84. The zero-order valence-corrected chi connectivity index (χ0v) is 7.87. The van der Waals surface area contributed by atoms with Crippen molar-refractivity contribution in [2.75, 3.05) is 11.9 Å². The second kappa shape index (κ2) is 3.89. The molecule has 0 aliphatic rings. The molecule has 0 aromatic carbocycles. The van der Waals surface area contributed by atoms with E-state index in [0.29, 0.717) is 12.4 Å². The van der Waals surface area contributed by atoms with Crippen molar-refractivity contribution in [3.63, 3.8) is 0 Å². The Bertz CT molecular complexity index is 368. The molecule has 0 saturated heterocycles. The van der Waals surface area contributed by atoms with Crippen LogP contribution in [0.2, 0.25) is 0 Å². The minimum Gasteiger partial charge on any atom is -0.366 e. The van der Waals surface area contributed by atoms with Crippen LogP contribution in [0.4, 0.5) is 5.82 Å². The monoisotopic (exact) mass is 179 g/mol. The maximum Gasteiger partial charge on any atom is 0.349 e. The fraction of sp³-hybridized carbons (Fsp3) is 0.333. The Kier molecular flexibility index (Phi) is 2.84. The fourth-order valence-electron chi connectivity index (χ4n) is 1.02. The maximum absolute atomic E-state index is 11.1. The van der Waals surface area contributed by atoms with Gasteiger partial charge in [-0.2, -0.15) is 4.98 Å². The highest BCUT2D eigenvalue weighted by atomic mass is 16.1. The third-order valence-electron chi connectivity index (χ3n) is 1.68. The number of hydrogen-bond donors (Lipinski definition) is 1. The van der Waals surface area contributed by atoms with E-state index >= 15 is 0 Å². The molecule has 0 radical (unpaired) electrons. The van der Waals surface area contributed by atoms with Gasteiger partial charge in [-0.25, -0.2) is 4.79 Å². The predicted octanol–water partition coefficient (Wildman–Crippen LogP) is 0.687. The van der Waals surface area contributed by atoms with E-state index in [-0.39, 0.29) is 5.69 Å². The molecule has 1 aromatic heterocycles. The average Bonchev–Trinajstić information content (AvgIpc) is 2.09. The third kappa shape index (κ3) is 2.18. The van der Waals surface area contributed by atoms with Gasteiger partial charge in [0.2, 0.25) is 0 Å². The van der Waals surface area contributed by atoms with Gasteiger partial charge in [-0.15, -0.1) is 6.58 Å². The molecule has 0 fully saturated rings. The number of aromatic nitrogens is 2. The summed E-state index contributed by atoms with van der Waals surface area (Å²) in [6.45, 7) is 6.08. The van der Waals surface area contributed by atoms with Crippen LogP contribution < -0.4 is 11.0 Å². The molecule has 0 atom stereocenters. The second-order valence-electron chi connectivity index (χ2n) is 2.84.